The molecule has 2 aliphatic rings. The van der Waals surface area contributed by atoms with Gasteiger partial charge in [-0.3, -0.25) is 19.2 Å². The van der Waals surface area contributed by atoms with Gasteiger partial charge in [-0.2, -0.15) is 0 Å². The maximum absolute atomic E-state index is 13.2. The third kappa shape index (κ3) is 3.49. The molecule has 0 aromatic heterocycles. The van der Waals surface area contributed by atoms with Crippen LogP contribution < -0.4 is 14.8 Å². The first kappa shape index (κ1) is 20.5. The first-order valence-corrected chi connectivity index (χ1v) is 12.8. The van der Waals surface area contributed by atoms with Crippen LogP contribution >= 0.6 is 0 Å². The van der Waals surface area contributed by atoms with Gasteiger partial charge in [0.25, 0.3) is 26.0 Å². The van der Waals surface area contributed by atoms with Crippen molar-refractivity contribution >= 4 is 53.9 Å². The van der Waals surface area contributed by atoms with Crippen molar-refractivity contribution in [3.05, 3.63) is 60.2 Å². The molecule has 0 saturated heterocycles. The summed E-state index contributed by atoms with van der Waals surface area (Å²) in [5.74, 6) is 0.109. The topological polar surface area (TPSA) is 134 Å². The fourth-order valence-corrected chi connectivity index (χ4v) is 6.26. The second-order valence-corrected chi connectivity index (χ2v) is 10.8. The van der Waals surface area contributed by atoms with Gasteiger partial charge in [-0.15, -0.1) is 0 Å². The summed E-state index contributed by atoms with van der Waals surface area (Å²) in [4.78, 5) is 16.1. The highest BCUT2D eigenvalue weighted by atomic mass is 32.2. The van der Waals surface area contributed by atoms with Crippen LogP contribution in [0.15, 0.2) is 69.4 Å². The van der Waals surface area contributed by atoms with Gasteiger partial charge in [-0.1, -0.05) is 18.2 Å². The molecule has 5 rings (SSSR count). The number of nitrogens with zero attached hydrogens (tertiary/aromatic N) is 1. The van der Waals surface area contributed by atoms with Gasteiger partial charge in [0, 0.05) is 35.0 Å². The van der Waals surface area contributed by atoms with E-state index in [0.29, 0.717) is 40.8 Å². The predicted octanol–water partition coefficient (Wildman–Crippen LogP) is 2.68. The molecule has 2 aliphatic heterocycles. The first-order chi connectivity index (χ1) is 15.2. The van der Waals surface area contributed by atoms with E-state index in [9.17, 15) is 21.6 Å². The molecule has 0 spiro atoms. The van der Waals surface area contributed by atoms with Crippen molar-refractivity contribution in [2.45, 2.75) is 22.6 Å². The van der Waals surface area contributed by atoms with E-state index in [0.717, 1.165) is 6.42 Å². The van der Waals surface area contributed by atoms with E-state index in [1.165, 1.54) is 30.3 Å². The highest BCUT2D eigenvalue weighted by Crippen LogP contribution is 2.37. The van der Waals surface area contributed by atoms with Crippen LogP contribution in [-0.4, -0.2) is 35.1 Å². The van der Waals surface area contributed by atoms with Crippen LogP contribution in [0.2, 0.25) is 0 Å². The minimum absolute atomic E-state index is 0.0127. The smallest absolute Gasteiger partial charge is 0.262 e. The van der Waals surface area contributed by atoms with Gasteiger partial charge in [-0.25, -0.2) is 16.8 Å². The Hall–Kier alpha value is -3.44. The third-order valence-corrected chi connectivity index (χ3v) is 8.12. The van der Waals surface area contributed by atoms with Crippen LogP contribution in [0.3, 0.4) is 0 Å². The Morgan fingerprint density at radius 3 is 2.50 bits per heavy atom. The van der Waals surface area contributed by atoms with E-state index in [1.54, 1.807) is 24.3 Å². The van der Waals surface area contributed by atoms with E-state index in [2.05, 4.69) is 19.8 Å². The molecule has 0 fully saturated rings. The molecular formula is C21H18N4O5S2. The van der Waals surface area contributed by atoms with Crippen LogP contribution in [0.1, 0.15) is 23.2 Å². The molecule has 3 aromatic rings. The van der Waals surface area contributed by atoms with Crippen molar-refractivity contribution in [1.82, 2.24) is 4.72 Å². The number of carbonyl (C=O) groups excluding carboxylic acids is 1. The zero-order valence-electron chi connectivity index (χ0n) is 16.6. The molecule has 3 N–H and O–H groups in total. The predicted molar refractivity (Wildman–Crippen MR) is 121 cm³/mol. The minimum Gasteiger partial charge on any atom is -0.321 e. The van der Waals surface area contributed by atoms with Crippen LogP contribution in [0, 0.1) is 0 Å². The molecule has 32 heavy (non-hydrogen) atoms. The average molecular weight is 471 g/mol. The summed E-state index contributed by atoms with van der Waals surface area (Å²) in [7, 11) is -7.97. The van der Waals surface area contributed by atoms with Crippen molar-refractivity contribution in [2.24, 2.45) is 4.99 Å². The lowest BCUT2D eigenvalue weighted by molar-refractivity contribution is 0.103. The molecule has 2 heterocycles. The van der Waals surface area contributed by atoms with Gasteiger partial charge in [0.15, 0.2) is 0 Å². The Labute approximate surface area is 184 Å². The summed E-state index contributed by atoms with van der Waals surface area (Å²) >= 11 is 0. The Balaban J connectivity index is 1.49. The molecule has 9 nitrogen and oxygen atoms in total. The van der Waals surface area contributed by atoms with Crippen LogP contribution in [0.5, 0.6) is 0 Å². The number of hydrogen-bond acceptors (Lipinski definition) is 6. The molecule has 0 bridgehead atoms. The Morgan fingerprint density at radius 1 is 0.906 bits per heavy atom. The van der Waals surface area contributed by atoms with Gasteiger partial charge in [0.05, 0.1) is 15.5 Å². The van der Waals surface area contributed by atoms with Gasteiger partial charge in [0.1, 0.15) is 5.84 Å². The molecule has 0 unspecified atom stereocenters. The van der Waals surface area contributed by atoms with Gasteiger partial charge in [0.2, 0.25) is 0 Å². The highest BCUT2D eigenvalue weighted by molar-refractivity contribution is 7.93. The molecule has 1 amide bonds. The molecule has 0 aliphatic carbocycles. The van der Waals surface area contributed by atoms with Gasteiger partial charge >= 0.3 is 0 Å². The van der Waals surface area contributed by atoms with Gasteiger partial charge < -0.3 is 5.32 Å². The number of amidine groups is 1. The van der Waals surface area contributed by atoms with Crippen molar-refractivity contribution in [3.8, 4) is 0 Å². The number of benzene rings is 3. The second kappa shape index (κ2) is 7.31. The first-order valence-electron chi connectivity index (χ1n) is 9.81. The normalized spacial score (nSPS) is 15.5. The zero-order valence-corrected chi connectivity index (χ0v) is 18.3. The lowest BCUT2D eigenvalue weighted by atomic mass is 10.1. The molecule has 0 radical (unpaired) electrons. The molecule has 164 valence electrons. The quantitative estimate of drug-likeness (QED) is 0.527. The zero-order chi connectivity index (χ0) is 22.5. The number of hydrogen-bond donors (Lipinski definition) is 3. The third-order valence-electron chi connectivity index (χ3n) is 5.31. The lowest BCUT2D eigenvalue weighted by Crippen LogP contribution is -2.29. The van der Waals surface area contributed by atoms with Crippen LogP contribution in [0.25, 0.3) is 10.8 Å². The van der Waals surface area contributed by atoms with Crippen molar-refractivity contribution < 1.29 is 21.6 Å². The molecule has 3 aromatic carbocycles. The maximum atomic E-state index is 13.2. The van der Waals surface area contributed by atoms with Crippen molar-refractivity contribution in [2.75, 3.05) is 16.6 Å². The van der Waals surface area contributed by atoms with E-state index in [4.69, 9.17) is 0 Å². The Bertz CT molecular complexity index is 1530. The molecule has 0 saturated carbocycles. The SMILES string of the molecule is O=C1Nc2ccc(S(=O)(=O)Nc3cccc(S(=O)(=O)NC4=NCCC4)c3)c3cccc1c23. The minimum atomic E-state index is -4.08. The Kier molecular flexibility index (Phi) is 4.68. The summed E-state index contributed by atoms with van der Waals surface area (Å²) in [5.41, 5.74) is 1.05. The average Bonchev–Trinajstić information content (AvgIpc) is 3.36. The van der Waals surface area contributed by atoms with Crippen molar-refractivity contribution in [3.63, 3.8) is 0 Å². The monoisotopic (exact) mass is 470 g/mol. The number of rotatable bonds is 5. The second-order valence-electron chi connectivity index (χ2n) is 7.46. The van der Waals surface area contributed by atoms with E-state index >= 15 is 0 Å². The van der Waals surface area contributed by atoms with Crippen LogP contribution in [0.4, 0.5) is 11.4 Å². The van der Waals surface area contributed by atoms with E-state index < -0.39 is 20.0 Å². The number of carbonyl (C=O) groups is 1. The maximum Gasteiger partial charge on any atom is 0.262 e. The lowest BCUT2D eigenvalue weighted by Gasteiger charge is -2.13. The fraction of sp³-hybridized carbons (Fsp3) is 0.143. The summed E-state index contributed by atoms with van der Waals surface area (Å²) in [5, 5.41) is 3.65. The van der Waals surface area contributed by atoms with E-state index in [-0.39, 0.29) is 21.4 Å². The number of sulfonamides is 2. The van der Waals surface area contributed by atoms with Gasteiger partial charge in [-0.05, 0) is 42.8 Å². The fourth-order valence-electron chi connectivity index (χ4n) is 3.87. The molecule has 0 atom stereocenters. The number of amides is 1. The van der Waals surface area contributed by atoms with E-state index in [1.807, 2.05) is 0 Å². The summed E-state index contributed by atoms with van der Waals surface area (Å²) in [6.45, 7) is 0.577. The summed E-state index contributed by atoms with van der Waals surface area (Å²) < 4.78 is 56.6. The highest BCUT2D eigenvalue weighted by Gasteiger charge is 2.27. The summed E-state index contributed by atoms with van der Waals surface area (Å²) in [6, 6.07) is 13.4. The number of aliphatic imine (C=N–C) groups is 1. The van der Waals surface area contributed by atoms with Crippen molar-refractivity contribution in [1.29, 1.82) is 0 Å². The Morgan fingerprint density at radius 2 is 1.72 bits per heavy atom. The summed E-state index contributed by atoms with van der Waals surface area (Å²) in [6.07, 6.45) is 1.33. The largest absolute Gasteiger partial charge is 0.321 e. The van der Waals surface area contributed by atoms with Crippen LogP contribution in [-0.2, 0) is 20.0 Å². The number of anilines is 2. The number of nitrogens with one attached hydrogen (secondary N) is 3. The molecular weight excluding hydrogens is 452 g/mol. The molecule has 11 heteroatoms. The standard InChI is InChI=1S/C21H18N4O5S2/c26-21-16-7-2-6-15-18(10-9-17(23-21)20(15)16)32(29,30)24-13-4-1-5-14(12-13)31(27,28)25-19-8-3-11-22-19/h1-2,4-7,9-10,12,24H,3,8,11H2,(H,22,25)(H,23,26).